The van der Waals surface area contributed by atoms with Gasteiger partial charge in [-0.15, -0.1) is 0 Å². The number of aryl methyl sites for hydroxylation is 1. The van der Waals surface area contributed by atoms with E-state index in [1.54, 1.807) is 38.1 Å². The zero-order valence-electron chi connectivity index (χ0n) is 15.6. The Labute approximate surface area is 155 Å². The standard InChI is InChI=1S/C18H18F3NOS.C2H6/c1-4-24(23)17-8-6-5-7-15(17)13(3)22-16-11-14(18(19,20)21)10-9-12(16)2;1-2/h5-11H,4H2,1-3H3;1-2H3. The monoisotopic (exact) mass is 383 g/mol. The van der Waals surface area contributed by atoms with Crippen LogP contribution in [0.5, 0.6) is 0 Å². The molecule has 0 aromatic heterocycles. The number of aliphatic imine (C=N–C) groups is 1. The Morgan fingerprint density at radius 3 is 2.31 bits per heavy atom. The van der Waals surface area contributed by atoms with Crippen molar-refractivity contribution in [3.63, 3.8) is 0 Å². The number of hydrogen-bond acceptors (Lipinski definition) is 2. The molecule has 0 aliphatic rings. The van der Waals surface area contributed by atoms with Crippen molar-refractivity contribution >= 4 is 22.2 Å². The maximum Gasteiger partial charge on any atom is 0.416 e. The summed E-state index contributed by atoms with van der Waals surface area (Å²) in [4.78, 5) is 5.01. The predicted molar refractivity (Wildman–Crippen MR) is 103 cm³/mol. The predicted octanol–water partition coefficient (Wildman–Crippen LogP) is 6.31. The maximum absolute atomic E-state index is 12.9. The van der Waals surface area contributed by atoms with Gasteiger partial charge in [0.25, 0.3) is 0 Å². The molecule has 0 saturated heterocycles. The van der Waals surface area contributed by atoms with Crippen molar-refractivity contribution in [1.29, 1.82) is 0 Å². The van der Waals surface area contributed by atoms with Crippen LogP contribution >= 0.6 is 0 Å². The van der Waals surface area contributed by atoms with Gasteiger partial charge in [0.2, 0.25) is 0 Å². The minimum absolute atomic E-state index is 0.263. The van der Waals surface area contributed by atoms with E-state index in [-0.39, 0.29) is 5.69 Å². The topological polar surface area (TPSA) is 29.4 Å². The molecule has 2 aromatic rings. The number of alkyl halides is 3. The molecular weight excluding hydrogens is 359 g/mol. The van der Waals surface area contributed by atoms with Gasteiger partial charge in [0, 0.05) is 21.9 Å². The lowest BCUT2D eigenvalue weighted by molar-refractivity contribution is -0.137. The Kier molecular flexibility index (Phi) is 8.21. The molecule has 0 saturated carbocycles. The van der Waals surface area contributed by atoms with Crippen LogP contribution in [0.25, 0.3) is 0 Å². The third kappa shape index (κ3) is 5.53. The first-order valence-corrected chi connectivity index (χ1v) is 9.77. The Balaban J connectivity index is 0.00000163. The highest BCUT2D eigenvalue weighted by molar-refractivity contribution is 7.85. The van der Waals surface area contributed by atoms with Crippen molar-refractivity contribution in [3.8, 4) is 0 Å². The summed E-state index contributed by atoms with van der Waals surface area (Å²) in [5, 5.41) is 0. The van der Waals surface area contributed by atoms with E-state index in [0.29, 0.717) is 27.5 Å². The largest absolute Gasteiger partial charge is 0.416 e. The van der Waals surface area contributed by atoms with Gasteiger partial charge in [0.05, 0.1) is 22.1 Å². The Morgan fingerprint density at radius 1 is 1.12 bits per heavy atom. The minimum Gasteiger partial charge on any atom is -0.254 e. The molecular formula is C20H24F3NOS. The van der Waals surface area contributed by atoms with Gasteiger partial charge >= 0.3 is 6.18 Å². The molecule has 0 aliphatic carbocycles. The quantitative estimate of drug-likeness (QED) is 0.569. The average molecular weight is 383 g/mol. The molecule has 0 heterocycles. The van der Waals surface area contributed by atoms with E-state index in [1.807, 2.05) is 20.8 Å². The van der Waals surface area contributed by atoms with Crippen LogP contribution in [0.3, 0.4) is 0 Å². The Bertz CT molecular complexity index is 798. The lowest BCUT2D eigenvalue weighted by Gasteiger charge is -2.11. The van der Waals surface area contributed by atoms with Crippen LogP contribution in [0, 0.1) is 6.92 Å². The second-order valence-corrected chi connectivity index (χ2v) is 7.03. The zero-order chi connectivity index (χ0) is 19.9. The third-order valence-corrected chi connectivity index (χ3v) is 4.98. The number of rotatable bonds is 4. The molecule has 0 bridgehead atoms. The van der Waals surface area contributed by atoms with Gasteiger partial charge in [-0.1, -0.05) is 45.0 Å². The average Bonchev–Trinajstić information content (AvgIpc) is 2.63. The van der Waals surface area contributed by atoms with E-state index in [0.717, 1.165) is 12.1 Å². The Morgan fingerprint density at radius 2 is 1.73 bits per heavy atom. The minimum atomic E-state index is -4.41. The van der Waals surface area contributed by atoms with E-state index in [2.05, 4.69) is 4.99 Å². The number of halogens is 3. The highest BCUT2D eigenvalue weighted by Crippen LogP contribution is 2.33. The van der Waals surface area contributed by atoms with Crippen LogP contribution in [0.2, 0.25) is 0 Å². The van der Waals surface area contributed by atoms with Crippen molar-refractivity contribution in [2.24, 2.45) is 4.99 Å². The van der Waals surface area contributed by atoms with E-state index in [9.17, 15) is 17.4 Å². The first kappa shape index (κ1) is 22.1. The van der Waals surface area contributed by atoms with Gasteiger partial charge in [0.15, 0.2) is 0 Å². The summed E-state index contributed by atoms with van der Waals surface area (Å²) >= 11 is 0. The van der Waals surface area contributed by atoms with E-state index in [4.69, 9.17) is 0 Å². The summed E-state index contributed by atoms with van der Waals surface area (Å²) in [7, 11) is -1.17. The zero-order valence-corrected chi connectivity index (χ0v) is 16.5. The lowest BCUT2D eigenvalue weighted by atomic mass is 10.1. The van der Waals surface area contributed by atoms with Gasteiger partial charge in [-0.3, -0.25) is 9.20 Å². The van der Waals surface area contributed by atoms with Gasteiger partial charge in [-0.05, 0) is 37.6 Å². The first-order valence-electron chi connectivity index (χ1n) is 8.45. The summed E-state index contributed by atoms with van der Waals surface area (Å²) < 4.78 is 50.8. The third-order valence-electron chi connectivity index (χ3n) is 3.61. The van der Waals surface area contributed by atoms with Crippen molar-refractivity contribution in [2.75, 3.05) is 5.75 Å². The first-order chi connectivity index (χ1) is 12.2. The Hall–Kier alpha value is -1.95. The fraction of sp³-hybridized carbons (Fsp3) is 0.350. The van der Waals surface area contributed by atoms with Gasteiger partial charge in [-0.25, -0.2) is 0 Å². The lowest BCUT2D eigenvalue weighted by Crippen LogP contribution is -2.06. The van der Waals surface area contributed by atoms with Crippen LogP contribution in [0.1, 0.15) is 44.4 Å². The van der Waals surface area contributed by atoms with Gasteiger partial charge in [0.1, 0.15) is 0 Å². The maximum atomic E-state index is 12.9. The van der Waals surface area contributed by atoms with Crippen molar-refractivity contribution in [1.82, 2.24) is 0 Å². The van der Waals surface area contributed by atoms with E-state index in [1.165, 1.54) is 6.07 Å². The second-order valence-electron chi connectivity index (χ2n) is 5.33. The summed E-state index contributed by atoms with van der Waals surface area (Å²) in [6.07, 6.45) is -4.41. The summed E-state index contributed by atoms with van der Waals surface area (Å²) in [6, 6.07) is 10.6. The smallest absolute Gasteiger partial charge is 0.254 e. The molecule has 0 N–H and O–H groups in total. The summed E-state index contributed by atoms with van der Waals surface area (Å²) in [5.41, 5.74) is 1.41. The molecule has 0 amide bonds. The molecule has 1 atom stereocenters. The highest BCUT2D eigenvalue weighted by Gasteiger charge is 2.30. The van der Waals surface area contributed by atoms with Crippen molar-refractivity contribution in [2.45, 2.75) is 45.7 Å². The molecule has 0 fully saturated rings. The summed E-state index contributed by atoms with van der Waals surface area (Å²) in [5.74, 6) is 0.465. The second kappa shape index (κ2) is 9.67. The fourth-order valence-corrected chi connectivity index (χ4v) is 3.27. The molecule has 0 spiro atoms. The molecule has 2 aromatic carbocycles. The van der Waals surface area contributed by atoms with E-state index < -0.39 is 22.5 Å². The molecule has 0 aliphatic heterocycles. The van der Waals surface area contributed by atoms with Crippen LogP contribution in [0.4, 0.5) is 18.9 Å². The van der Waals surface area contributed by atoms with Crippen LogP contribution in [0.15, 0.2) is 52.4 Å². The summed E-state index contributed by atoms with van der Waals surface area (Å²) in [6.45, 7) is 9.24. The normalized spacial score (nSPS) is 13.0. The van der Waals surface area contributed by atoms with Crippen LogP contribution < -0.4 is 0 Å². The molecule has 0 radical (unpaired) electrons. The molecule has 26 heavy (non-hydrogen) atoms. The highest BCUT2D eigenvalue weighted by atomic mass is 32.2. The SMILES string of the molecule is CC.CCS(=O)c1ccccc1C(C)=Nc1cc(C(F)(F)F)ccc1C. The molecule has 6 heteroatoms. The molecule has 2 nitrogen and oxygen atoms in total. The van der Waals surface area contributed by atoms with E-state index >= 15 is 0 Å². The van der Waals surface area contributed by atoms with Crippen molar-refractivity contribution in [3.05, 3.63) is 59.2 Å². The van der Waals surface area contributed by atoms with Crippen LogP contribution in [-0.4, -0.2) is 15.7 Å². The number of hydrogen-bond donors (Lipinski definition) is 0. The molecule has 2 rings (SSSR count). The number of nitrogens with zero attached hydrogens (tertiary/aromatic N) is 1. The van der Waals surface area contributed by atoms with Gasteiger partial charge in [-0.2, -0.15) is 13.2 Å². The molecule has 142 valence electrons. The van der Waals surface area contributed by atoms with Crippen molar-refractivity contribution < 1.29 is 17.4 Å². The molecule has 1 unspecified atom stereocenters. The fourth-order valence-electron chi connectivity index (χ4n) is 2.27. The van der Waals surface area contributed by atoms with Gasteiger partial charge < -0.3 is 0 Å². The van der Waals surface area contributed by atoms with Crippen LogP contribution in [-0.2, 0) is 17.0 Å². The number of benzene rings is 2.